The first kappa shape index (κ1) is 15.8. The van der Waals surface area contributed by atoms with Gasteiger partial charge < -0.3 is 15.0 Å². The summed E-state index contributed by atoms with van der Waals surface area (Å²) >= 11 is 1.75. The summed E-state index contributed by atoms with van der Waals surface area (Å²) in [6, 6.07) is 6.33. The van der Waals surface area contributed by atoms with Gasteiger partial charge in [0, 0.05) is 35.0 Å². The highest BCUT2D eigenvalue weighted by atomic mass is 32.2. The lowest BCUT2D eigenvalue weighted by Gasteiger charge is -2.05. The van der Waals surface area contributed by atoms with Crippen LogP contribution in [0.15, 0.2) is 18.2 Å². The van der Waals surface area contributed by atoms with E-state index in [2.05, 4.69) is 47.1 Å². The molecule has 2 aromatic rings. The number of fused-ring (bicyclic) bond motifs is 1. The summed E-state index contributed by atoms with van der Waals surface area (Å²) < 4.78 is 3.39. The van der Waals surface area contributed by atoms with Crippen LogP contribution < -0.4 is 10.0 Å². The number of rotatable bonds is 7. The Hall–Kier alpha value is -1.62. The van der Waals surface area contributed by atoms with Crippen molar-refractivity contribution in [2.45, 2.75) is 40.2 Å². The predicted molar refractivity (Wildman–Crippen MR) is 91.5 cm³/mol. The molecule has 1 heterocycles. The van der Waals surface area contributed by atoms with E-state index in [4.69, 9.17) is 0 Å². The number of aryl methyl sites for hydroxylation is 1. The molecule has 0 saturated heterocycles. The number of benzene rings is 1. The lowest BCUT2D eigenvalue weighted by molar-refractivity contribution is -0.119. The molecule has 0 radical (unpaired) electrons. The highest BCUT2D eigenvalue weighted by molar-refractivity contribution is 8.00. The van der Waals surface area contributed by atoms with Crippen LogP contribution in [0.3, 0.4) is 0 Å². The maximum absolute atomic E-state index is 11.0. The van der Waals surface area contributed by atoms with E-state index in [1.807, 2.05) is 0 Å². The van der Waals surface area contributed by atoms with E-state index >= 15 is 0 Å². The lowest BCUT2D eigenvalue weighted by atomic mass is 10.1. The fourth-order valence-electron chi connectivity index (χ4n) is 2.19. The van der Waals surface area contributed by atoms with Crippen LogP contribution in [0.5, 0.6) is 0 Å². The molecular weight excluding hydrogens is 282 g/mol. The summed E-state index contributed by atoms with van der Waals surface area (Å²) in [4.78, 5) is 14.4. The number of carbonyl (C=O) groups excluding carboxylic acids is 1. The molecular formula is C16H23N3OS. The van der Waals surface area contributed by atoms with Crippen LogP contribution >= 0.6 is 11.9 Å². The number of aromatic amines is 1. The molecule has 0 aliphatic carbocycles. The summed E-state index contributed by atoms with van der Waals surface area (Å²) in [6.45, 7) is 6.37. The Morgan fingerprint density at radius 1 is 1.38 bits per heavy atom. The van der Waals surface area contributed by atoms with Crippen molar-refractivity contribution in [2.24, 2.45) is 0 Å². The Morgan fingerprint density at radius 2 is 2.19 bits per heavy atom. The van der Waals surface area contributed by atoms with E-state index in [1.165, 1.54) is 30.7 Å². The van der Waals surface area contributed by atoms with E-state index in [9.17, 15) is 4.79 Å². The highest BCUT2D eigenvalue weighted by Gasteiger charge is 2.08. The third kappa shape index (κ3) is 4.17. The standard InChI is InChI=1S/C16H23N3OS/c1-4-5-8-21-19-13-6-7-15-14(9-13)11(2)16(18-15)10-17-12(3)20/h6-7,9,18-19H,4-5,8,10H2,1-3H3,(H,17,20). The lowest BCUT2D eigenvalue weighted by Crippen LogP contribution is -2.19. The summed E-state index contributed by atoms with van der Waals surface area (Å²) in [5.41, 5.74) is 4.49. The zero-order valence-electron chi connectivity index (χ0n) is 12.9. The third-order valence-electron chi connectivity index (χ3n) is 3.47. The van der Waals surface area contributed by atoms with E-state index in [1.54, 1.807) is 11.9 Å². The smallest absolute Gasteiger partial charge is 0.217 e. The number of anilines is 1. The number of hydrogen-bond donors (Lipinski definition) is 3. The first-order chi connectivity index (χ1) is 10.1. The molecule has 5 heteroatoms. The molecule has 0 bridgehead atoms. The Balaban J connectivity index is 2.10. The molecule has 0 saturated carbocycles. The fourth-order valence-corrected chi connectivity index (χ4v) is 3.02. The number of hydrogen-bond acceptors (Lipinski definition) is 3. The van der Waals surface area contributed by atoms with Crippen molar-refractivity contribution in [3.63, 3.8) is 0 Å². The molecule has 1 aromatic carbocycles. The van der Waals surface area contributed by atoms with Crippen LogP contribution in [-0.4, -0.2) is 16.6 Å². The van der Waals surface area contributed by atoms with E-state index in [0.29, 0.717) is 6.54 Å². The van der Waals surface area contributed by atoms with Gasteiger partial charge in [-0.15, -0.1) is 0 Å². The maximum Gasteiger partial charge on any atom is 0.217 e. The first-order valence-corrected chi connectivity index (χ1v) is 8.33. The number of H-pyrrole nitrogens is 1. The zero-order chi connectivity index (χ0) is 15.2. The van der Waals surface area contributed by atoms with Gasteiger partial charge in [-0.3, -0.25) is 4.79 Å². The van der Waals surface area contributed by atoms with Crippen LogP contribution in [0, 0.1) is 6.92 Å². The van der Waals surface area contributed by atoms with Crippen LogP contribution in [0.4, 0.5) is 5.69 Å². The van der Waals surface area contributed by atoms with Gasteiger partial charge in [0.2, 0.25) is 5.91 Å². The summed E-state index contributed by atoms with van der Waals surface area (Å²) in [7, 11) is 0. The number of amides is 1. The van der Waals surface area contributed by atoms with Crippen molar-refractivity contribution in [2.75, 3.05) is 10.5 Å². The van der Waals surface area contributed by atoms with Crippen molar-refractivity contribution < 1.29 is 4.79 Å². The minimum absolute atomic E-state index is 0.0114. The fraction of sp³-hybridized carbons (Fsp3) is 0.438. The second kappa shape index (κ2) is 7.41. The van der Waals surface area contributed by atoms with Gasteiger partial charge in [-0.2, -0.15) is 0 Å². The third-order valence-corrected chi connectivity index (χ3v) is 4.34. The second-order valence-corrected chi connectivity index (χ2v) is 6.10. The molecule has 114 valence electrons. The van der Waals surface area contributed by atoms with Crippen LogP contribution in [0.25, 0.3) is 10.9 Å². The highest BCUT2D eigenvalue weighted by Crippen LogP contribution is 2.26. The van der Waals surface area contributed by atoms with Crippen LogP contribution in [-0.2, 0) is 11.3 Å². The number of carbonyl (C=O) groups is 1. The molecule has 3 N–H and O–H groups in total. The molecule has 0 aliphatic heterocycles. The monoisotopic (exact) mass is 305 g/mol. The van der Waals surface area contributed by atoms with Gasteiger partial charge in [-0.05, 0) is 37.1 Å². The van der Waals surface area contributed by atoms with Crippen LogP contribution in [0.2, 0.25) is 0 Å². The molecule has 4 nitrogen and oxygen atoms in total. The number of nitrogens with one attached hydrogen (secondary N) is 3. The molecule has 1 aromatic heterocycles. The van der Waals surface area contributed by atoms with Crippen molar-refractivity contribution in [1.82, 2.24) is 10.3 Å². The Bertz CT molecular complexity index is 621. The minimum atomic E-state index is -0.0114. The molecule has 1 amide bonds. The largest absolute Gasteiger partial charge is 0.357 e. The molecule has 0 spiro atoms. The SMILES string of the molecule is CCCCSNc1ccc2[nH]c(CNC(C)=O)c(C)c2c1. The summed E-state index contributed by atoms with van der Waals surface area (Å²) in [5.74, 6) is 1.11. The van der Waals surface area contributed by atoms with E-state index < -0.39 is 0 Å². The molecule has 0 unspecified atom stereocenters. The maximum atomic E-state index is 11.0. The van der Waals surface area contributed by atoms with Gasteiger partial charge in [0.05, 0.1) is 6.54 Å². The quantitative estimate of drug-likeness (QED) is 0.536. The molecule has 0 aliphatic rings. The molecule has 2 rings (SSSR count). The molecule has 21 heavy (non-hydrogen) atoms. The minimum Gasteiger partial charge on any atom is -0.357 e. The van der Waals surface area contributed by atoms with Crippen molar-refractivity contribution in [1.29, 1.82) is 0 Å². The van der Waals surface area contributed by atoms with Gasteiger partial charge in [0.15, 0.2) is 0 Å². The summed E-state index contributed by atoms with van der Waals surface area (Å²) in [6.07, 6.45) is 2.45. The van der Waals surface area contributed by atoms with Crippen molar-refractivity contribution in [3.05, 3.63) is 29.5 Å². The average molecular weight is 305 g/mol. The Labute approximate surface area is 130 Å². The van der Waals surface area contributed by atoms with E-state index in [-0.39, 0.29) is 5.91 Å². The Kier molecular flexibility index (Phi) is 5.56. The Morgan fingerprint density at radius 3 is 2.90 bits per heavy atom. The van der Waals surface area contributed by atoms with Crippen LogP contribution in [0.1, 0.15) is 37.9 Å². The average Bonchev–Trinajstić information content (AvgIpc) is 2.78. The topological polar surface area (TPSA) is 56.9 Å². The second-order valence-electron chi connectivity index (χ2n) is 5.20. The number of aromatic nitrogens is 1. The summed E-state index contributed by atoms with van der Waals surface area (Å²) in [5, 5.41) is 4.04. The van der Waals surface area contributed by atoms with E-state index in [0.717, 1.165) is 22.7 Å². The predicted octanol–water partition coefficient (Wildman–Crippen LogP) is 3.97. The van der Waals surface area contributed by atoms with Gasteiger partial charge in [0.25, 0.3) is 0 Å². The first-order valence-electron chi connectivity index (χ1n) is 7.35. The van der Waals surface area contributed by atoms with Gasteiger partial charge >= 0.3 is 0 Å². The number of unbranched alkanes of at least 4 members (excludes halogenated alkanes) is 1. The normalized spacial score (nSPS) is 10.8. The molecule has 0 atom stereocenters. The zero-order valence-corrected chi connectivity index (χ0v) is 13.7. The van der Waals surface area contributed by atoms with Crippen molar-refractivity contribution >= 4 is 34.4 Å². The van der Waals surface area contributed by atoms with Crippen molar-refractivity contribution in [3.8, 4) is 0 Å². The van der Waals surface area contributed by atoms with Gasteiger partial charge in [-0.25, -0.2) is 0 Å². The van der Waals surface area contributed by atoms with Gasteiger partial charge in [-0.1, -0.05) is 25.3 Å². The van der Waals surface area contributed by atoms with Gasteiger partial charge in [0.1, 0.15) is 0 Å². The molecule has 0 fully saturated rings.